The number of carbonyl (C=O) groups excluding carboxylic acids is 1. The third-order valence-electron chi connectivity index (χ3n) is 3.27. The highest BCUT2D eigenvalue weighted by Crippen LogP contribution is 2.35. The van der Waals surface area contributed by atoms with Crippen LogP contribution in [0.3, 0.4) is 0 Å². The molecule has 0 aliphatic carbocycles. The molecule has 1 N–H and O–H groups in total. The van der Waals surface area contributed by atoms with E-state index in [1.54, 1.807) is 12.2 Å². The molecule has 14 heavy (non-hydrogen) atoms. The Bertz CT molecular complexity index is 248. The number of carbonyl (C=O) groups is 1. The number of hydrogen-bond acceptors (Lipinski definition) is 2. The molecular formula is C11H17NO2. The van der Waals surface area contributed by atoms with Crippen molar-refractivity contribution in [3.05, 3.63) is 12.2 Å². The van der Waals surface area contributed by atoms with Crippen molar-refractivity contribution < 1.29 is 9.90 Å². The topological polar surface area (TPSA) is 40.5 Å². The summed E-state index contributed by atoms with van der Waals surface area (Å²) < 4.78 is 0. The van der Waals surface area contributed by atoms with E-state index in [-0.39, 0.29) is 24.1 Å². The smallest absolute Gasteiger partial charge is 0.246 e. The Morgan fingerprint density at radius 2 is 1.93 bits per heavy atom. The van der Waals surface area contributed by atoms with Gasteiger partial charge in [0.1, 0.15) is 0 Å². The second-order valence-electron chi connectivity index (χ2n) is 4.26. The van der Waals surface area contributed by atoms with Crippen molar-refractivity contribution in [2.45, 2.75) is 50.8 Å². The molecule has 78 valence electrons. The van der Waals surface area contributed by atoms with Crippen LogP contribution in [0.25, 0.3) is 0 Å². The Morgan fingerprint density at radius 3 is 2.43 bits per heavy atom. The maximum absolute atomic E-state index is 11.7. The molecule has 2 atom stereocenters. The van der Waals surface area contributed by atoms with E-state index in [0.29, 0.717) is 0 Å². The first-order chi connectivity index (χ1) is 6.72. The minimum Gasteiger partial charge on any atom is -0.393 e. The van der Waals surface area contributed by atoms with E-state index in [1.165, 1.54) is 0 Å². The molecule has 3 heteroatoms. The van der Waals surface area contributed by atoms with Crippen molar-refractivity contribution in [1.29, 1.82) is 0 Å². The summed E-state index contributed by atoms with van der Waals surface area (Å²) in [6, 6.07) is 0.569. The van der Waals surface area contributed by atoms with E-state index in [0.717, 1.165) is 25.7 Å². The number of hydrogen-bond donors (Lipinski definition) is 1. The van der Waals surface area contributed by atoms with Gasteiger partial charge in [-0.05, 0) is 38.7 Å². The Balaban J connectivity index is 2.11. The van der Waals surface area contributed by atoms with Gasteiger partial charge in [-0.25, -0.2) is 0 Å². The van der Waals surface area contributed by atoms with Crippen molar-refractivity contribution in [2.24, 2.45) is 0 Å². The van der Waals surface area contributed by atoms with Gasteiger partial charge in [0.05, 0.1) is 6.10 Å². The number of amides is 1. The molecule has 3 nitrogen and oxygen atoms in total. The molecule has 2 fully saturated rings. The zero-order valence-electron chi connectivity index (χ0n) is 8.52. The minimum atomic E-state index is -0.192. The highest BCUT2D eigenvalue weighted by molar-refractivity contribution is 5.88. The number of fused-ring (bicyclic) bond motifs is 2. The fourth-order valence-electron chi connectivity index (χ4n) is 2.74. The zero-order valence-corrected chi connectivity index (χ0v) is 8.52. The Kier molecular flexibility index (Phi) is 2.59. The second-order valence-corrected chi connectivity index (χ2v) is 4.26. The molecule has 2 heterocycles. The van der Waals surface area contributed by atoms with Gasteiger partial charge in [-0.2, -0.15) is 0 Å². The third kappa shape index (κ3) is 1.57. The molecule has 0 radical (unpaired) electrons. The molecule has 0 aromatic heterocycles. The summed E-state index contributed by atoms with van der Waals surface area (Å²) in [7, 11) is 0. The van der Waals surface area contributed by atoms with Gasteiger partial charge in [0.2, 0.25) is 5.91 Å². The molecule has 0 aromatic carbocycles. The van der Waals surface area contributed by atoms with E-state index in [4.69, 9.17) is 0 Å². The van der Waals surface area contributed by atoms with Crippen LogP contribution >= 0.6 is 0 Å². The number of aliphatic hydroxyl groups excluding tert-OH is 1. The van der Waals surface area contributed by atoms with Crippen molar-refractivity contribution in [1.82, 2.24) is 4.90 Å². The van der Waals surface area contributed by atoms with Crippen LogP contribution in [0.2, 0.25) is 0 Å². The average molecular weight is 195 g/mol. The molecule has 0 aromatic rings. The van der Waals surface area contributed by atoms with Gasteiger partial charge in [0, 0.05) is 12.1 Å². The first-order valence-electron chi connectivity index (χ1n) is 5.35. The van der Waals surface area contributed by atoms with Crippen molar-refractivity contribution >= 4 is 5.91 Å². The summed E-state index contributed by atoms with van der Waals surface area (Å²) in [5.41, 5.74) is 0. The van der Waals surface area contributed by atoms with Gasteiger partial charge in [-0.3, -0.25) is 4.79 Å². The van der Waals surface area contributed by atoms with E-state index < -0.39 is 0 Å². The fraction of sp³-hybridized carbons (Fsp3) is 0.727. The Labute approximate surface area is 84.4 Å². The summed E-state index contributed by atoms with van der Waals surface area (Å²) in [4.78, 5) is 13.7. The predicted octanol–water partition coefficient (Wildman–Crippen LogP) is 1.08. The Hall–Kier alpha value is -0.830. The first-order valence-corrected chi connectivity index (χ1v) is 5.35. The van der Waals surface area contributed by atoms with Gasteiger partial charge in [-0.15, -0.1) is 0 Å². The highest BCUT2D eigenvalue weighted by atomic mass is 16.3. The number of nitrogens with zero attached hydrogens (tertiary/aromatic N) is 1. The second kappa shape index (κ2) is 3.73. The lowest BCUT2D eigenvalue weighted by molar-refractivity contribution is -0.132. The SMILES string of the molecule is CC=CC(=O)N1C2CCC1CC(O)C2. The average Bonchev–Trinajstić information content (AvgIpc) is 2.39. The standard InChI is InChI=1S/C11H17NO2/c1-2-3-11(14)12-8-4-5-9(12)7-10(13)6-8/h2-3,8-10,13H,4-7H2,1H3. The summed E-state index contributed by atoms with van der Waals surface area (Å²) in [5.74, 6) is 0.118. The summed E-state index contributed by atoms with van der Waals surface area (Å²) in [6.45, 7) is 1.86. The van der Waals surface area contributed by atoms with Crippen LogP contribution in [0, 0.1) is 0 Å². The van der Waals surface area contributed by atoms with E-state index >= 15 is 0 Å². The summed E-state index contributed by atoms with van der Waals surface area (Å²) in [5, 5.41) is 9.56. The molecule has 2 aliphatic rings. The van der Waals surface area contributed by atoms with Crippen LogP contribution in [0.15, 0.2) is 12.2 Å². The summed E-state index contributed by atoms with van der Waals surface area (Å²) >= 11 is 0. The molecule has 1 amide bonds. The van der Waals surface area contributed by atoms with Gasteiger partial charge in [0.25, 0.3) is 0 Å². The van der Waals surface area contributed by atoms with Gasteiger partial charge < -0.3 is 10.0 Å². The monoisotopic (exact) mass is 195 g/mol. The van der Waals surface area contributed by atoms with Crippen molar-refractivity contribution in [3.8, 4) is 0 Å². The molecule has 2 unspecified atom stereocenters. The van der Waals surface area contributed by atoms with Gasteiger partial charge in [0.15, 0.2) is 0 Å². The maximum atomic E-state index is 11.7. The molecule has 2 saturated heterocycles. The maximum Gasteiger partial charge on any atom is 0.246 e. The molecule has 2 bridgehead atoms. The zero-order chi connectivity index (χ0) is 10.1. The van der Waals surface area contributed by atoms with Crippen LogP contribution in [-0.4, -0.2) is 34.1 Å². The molecule has 2 rings (SSSR count). The quantitative estimate of drug-likeness (QED) is 0.636. The van der Waals surface area contributed by atoms with Gasteiger partial charge in [-0.1, -0.05) is 6.08 Å². The van der Waals surface area contributed by atoms with Gasteiger partial charge >= 0.3 is 0 Å². The lowest BCUT2D eigenvalue weighted by Gasteiger charge is -2.36. The number of aliphatic hydroxyl groups is 1. The van der Waals surface area contributed by atoms with Crippen LogP contribution in [0.1, 0.15) is 32.6 Å². The van der Waals surface area contributed by atoms with E-state index in [1.807, 2.05) is 11.8 Å². The molecule has 0 spiro atoms. The predicted molar refractivity (Wildman–Crippen MR) is 53.7 cm³/mol. The fourth-order valence-corrected chi connectivity index (χ4v) is 2.74. The molecule has 0 saturated carbocycles. The van der Waals surface area contributed by atoms with Crippen LogP contribution in [0.4, 0.5) is 0 Å². The van der Waals surface area contributed by atoms with Crippen molar-refractivity contribution in [3.63, 3.8) is 0 Å². The molecule has 2 aliphatic heterocycles. The number of allylic oxidation sites excluding steroid dienone is 1. The van der Waals surface area contributed by atoms with Crippen molar-refractivity contribution in [2.75, 3.05) is 0 Å². The third-order valence-corrected chi connectivity index (χ3v) is 3.27. The van der Waals surface area contributed by atoms with E-state index in [9.17, 15) is 9.90 Å². The molecular weight excluding hydrogens is 178 g/mol. The Morgan fingerprint density at radius 1 is 1.36 bits per heavy atom. The van der Waals surface area contributed by atoms with Crippen LogP contribution in [0.5, 0.6) is 0 Å². The van der Waals surface area contributed by atoms with Crippen LogP contribution < -0.4 is 0 Å². The lowest BCUT2D eigenvalue weighted by atomic mass is 10.00. The first kappa shape index (κ1) is 9.71. The highest BCUT2D eigenvalue weighted by Gasteiger charge is 2.41. The largest absolute Gasteiger partial charge is 0.393 e. The minimum absolute atomic E-state index is 0.118. The summed E-state index contributed by atoms with van der Waals surface area (Å²) in [6.07, 6.45) is 6.87. The van der Waals surface area contributed by atoms with E-state index in [2.05, 4.69) is 0 Å². The number of rotatable bonds is 1. The number of piperidine rings is 1. The normalized spacial score (nSPS) is 36.7. The lowest BCUT2D eigenvalue weighted by Crippen LogP contribution is -2.47. The van der Waals surface area contributed by atoms with Crippen LogP contribution in [-0.2, 0) is 4.79 Å².